The quantitative estimate of drug-likeness (QED) is 0.432. The van der Waals surface area contributed by atoms with Crippen LogP contribution in [0.15, 0.2) is 72.8 Å². The number of amides is 2. The highest BCUT2D eigenvalue weighted by molar-refractivity contribution is 5.98. The van der Waals surface area contributed by atoms with E-state index in [0.29, 0.717) is 19.4 Å². The lowest BCUT2D eigenvalue weighted by atomic mass is 9.98. The van der Waals surface area contributed by atoms with Gasteiger partial charge in [0.25, 0.3) is 5.69 Å². The fourth-order valence-electron chi connectivity index (χ4n) is 4.89. The zero-order chi connectivity index (χ0) is 23.7. The number of ether oxygens (including phenoxy) is 1. The monoisotopic (exact) mass is 457 g/mol. The lowest BCUT2D eigenvalue weighted by Gasteiger charge is -2.24. The molecule has 5 rings (SSSR count). The van der Waals surface area contributed by atoms with Crippen LogP contribution in [0, 0.1) is 10.1 Å². The van der Waals surface area contributed by atoms with Crippen LogP contribution in [-0.2, 0) is 9.53 Å². The molecule has 1 atom stereocenters. The minimum atomic E-state index is -0.740. The van der Waals surface area contributed by atoms with Crippen molar-refractivity contribution in [3.8, 4) is 11.1 Å². The third kappa shape index (κ3) is 3.87. The first-order chi connectivity index (χ1) is 16.5. The highest BCUT2D eigenvalue weighted by Crippen LogP contribution is 2.44. The molecule has 0 aromatic heterocycles. The van der Waals surface area contributed by atoms with Gasteiger partial charge in [-0.05, 0) is 41.2 Å². The number of nitro groups is 1. The van der Waals surface area contributed by atoms with Gasteiger partial charge in [-0.25, -0.2) is 4.79 Å². The van der Waals surface area contributed by atoms with Crippen molar-refractivity contribution in [3.63, 3.8) is 0 Å². The molecule has 0 saturated carbocycles. The molecule has 1 N–H and O–H groups in total. The molecule has 3 aromatic carbocycles. The van der Waals surface area contributed by atoms with Gasteiger partial charge in [-0.1, -0.05) is 60.7 Å². The standard InChI is InChI=1S/C26H23N3O5/c30-25(27-22-12-5-6-13-23(22)29(32)33)24-14-7-15-28(24)26(31)34-16-21-19-10-3-1-8-17(19)18-9-2-4-11-20(18)21/h1-6,8-13,21,24H,7,14-16H2,(H,27,30)/t24-/m0/s1. The average molecular weight is 457 g/mol. The third-order valence-corrected chi connectivity index (χ3v) is 6.48. The zero-order valence-electron chi connectivity index (χ0n) is 18.3. The van der Waals surface area contributed by atoms with Crippen molar-refractivity contribution in [1.82, 2.24) is 4.90 Å². The van der Waals surface area contributed by atoms with E-state index in [1.54, 1.807) is 6.07 Å². The first-order valence-corrected chi connectivity index (χ1v) is 11.2. The van der Waals surface area contributed by atoms with Gasteiger partial charge in [0.15, 0.2) is 0 Å². The largest absolute Gasteiger partial charge is 0.448 e. The summed E-state index contributed by atoms with van der Waals surface area (Å²) in [4.78, 5) is 38.0. The Balaban J connectivity index is 1.28. The number of carbonyl (C=O) groups is 2. The predicted molar refractivity (Wildman–Crippen MR) is 127 cm³/mol. The van der Waals surface area contributed by atoms with Crippen molar-refractivity contribution in [2.24, 2.45) is 0 Å². The first kappa shape index (κ1) is 21.6. The summed E-state index contributed by atoms with van der Waals surface area (Å²) in [5.41, 5.74) is 4.43. The fraction of sp³-hybridized carbons (Fsp3) is 0.231. The van der Waals surface area contributed by atoms with E-state index in [1.807, 2.05) is 36.4 Å². The van der Waals surface area contributed by atoms with Gasteiger partial charge in [0, 0.05) is 18.5 Å². The molecule has 0 spiro atoms. The van der Waals surface area contributed by atoms with Gasteiger partial charge in [0.2, 0.25) is 5.91 Å². The highest BCUT2D eigenvalue weighted by atomic mass is 16.6. The second-order valence-corrected chi connectivity index (χ2v) is 8.42. The maximum Gasteiger partial charge on any atom is 0.410 e. The summed E-state index contributed by atoms with van der Waals surface area (Å²) in [5.74, 6) is -0.529. The van der Waals surface area contributed by atoms with Gasteiger partial charge in [0.1, 0.15) is 18.3 Å². The molecule has 0 bridgehead atoms. The number of nitrogens with zero attached hydrogens (tertiary/aromatic N) is 2. The van der Waals surface area contributed by atoms with Crippen molar-refractivity contribution >= 4 is 23.4 Å². The van der Waals surface area contributed by atoms with Gasteiger partial charge < -0.3 is 10.1 Å². The first-order valence-electron chi connectivity index (χ1n) is 11.2. The number of anilines is 1. The topological polar surface area (TPSA) is 102 Å². The summed E-state index contributed by atoms with van der Waals surface area (Å²) in [6.07, 6.45) is 0.567. The number of rotatable bonds is 5. The van der Waals surface area contributed by atoms with E-state index in [4.69, 9.17) is 4.74 Å². The highest BCUT2D eigenvalue weighted by Gasteiger charge is 2.37. The molecule has 34 heavy (non-hydrogen) atoms. The van der Waals surface area contributed by atoms with Crippen LogP contribution in [0.3, 0.4) is 0 Å². The van der Waals surface area contributed by atoms with Crippen molar-refractivity contribution in [2.45, 2.75) is 24.8 Å². The van der Waals surface area contributed by atoms with E-state index in [2.05, 4.69) is 17.4 Å². The Morgan fingerprint density at radius 1 is 0.971 bits per heavy atom. The Morgan fingerprint density at radius 3 is 2.26 bits per heavy atom. The Labute approximate surface area is 196 Å². The van der Waals surface area contributed by atoms with E-state index >= 15 is 0 Å². The molecule has 3 aromatic rings. The maximum atomic E-state index is 13.0. The fourth-order valence-corrected chi connectivity index (χ4v) is 4.89. The Kier molecular flexibility index (Phi) is 5.71. The number of hydrogen-bond donors (Lipinski definition) is 1. The molecule has 8 nitrogen and oxygen atoms in total. The second-order valence-electron chi connectivity index (χ2n) is 8.42. The van der Waals surface area contributed by atoms with Crippen LogP contribution in [0.25, 0.3) is 11.1 Å². The molecule has 172 valence electrons. The normalized spacial score (nSPS) is 16.6. The maximum absolute atomic E-state index is 13.0. The third-order valence-electron chi connectivity index (χ3n) is 6.48. The van der Waals surface area contributed by atoms with E-state index in [9.17, 15) is 19.7 Å². The molecular weight excluding hydrogens is 434 g/mol. The summed E-state index contributed by atoms with van der Waals surface area (Å²) in [6.45, 7) is 0.563. The van der Waals surface area contributed by atoms with Crippen LogP contribution in [0.5, 0.6) is 0 Å². The molecule has 1 saturated heterocycles. The van der Waals surface area contributed by atoms with Gasteiger partial charge in [0.05, 0.1) is 4.92 Å². The molecule has 1 aliphatic heterocycles. The lowest BCUT2D eigenvalue weighted by molar-refractivity contribution is -0.383. The molecule has 2 aliphatic rings. The van der Waals surface area contributed by atoms with Gasteiger partial charge >= 0.3 is 6.09 Å². The minimum Gasteiger partial charge on any atom is -0.448 e. The van der Waals surface area contributed by atoms with Crippen LogP contribution in [0.4, 0.5) is 16.2 Å². The Morgan fingerprint density at radius 2 is 1.59 bits per heavy atom. The molecule has 0 radical (unpaired) electrons. The van der Waals surface area contributed by atoms with Gasteiger partial charge in [-0.2, -0.15) is 0 Å². The van der Waals surface area contributed by atoms with E-state index in [0.717, 1.165) is 22.3 Å². The summed E-state index contributed by atoms with van der Waals surface area (Å²) in [6, 6.07) is 21.4. The van der Waals surface area contributed by atoms with E-state index in [-0.39, 0.29) is 23.9 Å². The number of benzene rings is 3. The SMILES string of the molecule is O=C(Nc1ccccc1[N+](=O)[O-])[C@@H]1CCCN1C(=O)OCC1c2ccccc2-c2ccccc21. The molecule has 1 aliphatic carbocycles. The molecule has 2 amide bonds. The van der Waals surface area contributed by atoms with Gasteiger partial charge in [-0.15, -0.1) is 0 Å². The second kappa shape index (κ2) is 8.97. The van der Waals surface area contributed by atoms with Gasteiger partial charge in [-0.3, -0.25) is 19.8 Å². The number of likely N-dealkylation sites (tertiary alicyclic amines) is 1. The number of nitrogens with one attached hydrogen (secondary N) is 1. The number of fused-ring (bicyclic) bond motifs is 3. The molecular formula is C26H23N3O5. The summed E-state index contributed by atoms with van der Waals surface area (Å²) >= 11 is 0. The molecule has 0 unspecified atom stereocenters. The van der Waals surface area contributed by atoms with Crippen LogP contribution in [0.1, 0.15) is 29.9 Å². The van der Waals surface area contributed by atoms with Crippen molar-refractivity contribution < 1.29 is 19.2 Å². The van der Waals surface area contributed by atoms with Crippen LogP contribution in [0.2, 0.25) is 0 Å². The van der Waals surface area contributed by atoms with Crippen LogP contribution in [-0.4, -0.2) is 41.0 Å². The Hall–Kier alpha value is -4.20. The molecule has 8 heteroatoms. The number of nitro benzene ring substituents is 1. The molecule has 1 fully saturated rings. The summed E-state index contributed by atoms with van der Waals surface area (Å²) in [5, 5.41) is 13.9. The minimum absolute atomic E-state index is 0.0711. The lowest BCUT2D eigenvalue weighted by Crippen LogP contribution is -2.43. The van der Waals surface area contributed by atoms with E-state index < -0.39 is 23.0 Å². The average Bonchev–Trinajstić information content (AvgIpc) is 3.46. The van der Waals surface area contributed by atoms with Crippen LogP contribution < -0.4 is 5.32 Å². The number of hydrogen-bond acceptors (Lipinski definition) is 5. The van der Waals surface area contributed by atoms with E-state index in [1.165, 1.54) is 23.1 Å². The number of carbonyl (C=O) groups excluding carboxylic acids is 2. The smallest absolute Gasteiger partial charge is 0.410 e. The van der Waals surface area contributed by atoms with Crippen molar-refractivity contribution in [3.05, 3.63) is 94.0 Å². The van der Waals surface area contributed by atoms with Crippen LogP contribution >= 0.6 is 0 Å². The predicted octanol–water partition coefficient (Wildman–Crippen LogP) is 4.95. The van der Waals surface area contributed by atoms with Crippen molar-refractivity contribution in [1.29, 1.82) is 0 Å². The molecule has 1 heterocycles. The number of para-hydroxylation sites is 2. The summed E-state index contributed by atoms with van der Waals surface area (Å²) < 4.78 is 5.71. The zero-order valence-corrected chi connectivity index (χ0v) is 18.3. The van der Waals surface area contributed by atoms with Crippen molar-refractivity contribution in [2.75, 3.05) is 18.5 Å². The summed E-state index contributed by atoms with van der Waals surface area (Å²) in [7, 11) is 0. The Bertz CT molecular complexity index is 1230.